The highest BCUT2D eigenvalue weighted by molar-refractivity contribution is 5.55. The molecule has 2 aromatic rings. The molecule has 112 valence electrons. The van der Waals surface area contributed by atoms with Crippen LogP contribution in [0.3, 0.4) is 0 Å². The van der Waals surface area contributed by atoms with Gasteiger partial charge in [0.25, 0.3) is 0 Å². The van der Waals surface area contributed by atoms with Crippen molar-refractivity contribution in [2.75, 3.05) is 23.3 Å². The SMILES string of the molecule is CCn1nccc1CNc1ccc(N2CCCCC2)cc1. The van der Waals surface area contributed by atoms with Crippen molar-refractivity contribution in [3.05, 3.63) is 42.2 Å². The van der Waals surface area contributed by atoms with Crippen LogP contribution in [-0.2, 0) is 13.1 Å². The van der Waals surface area contributed by atoms with Crippen LogP contribution < -0.4 is 10.2 Å². The molecule has 0 amide bonds. The summed E-state index contributed by atoms with van der Waals surface area (Å²) in [5.74, 6) is 0. The Bertz CT molecular complexity index is 552. The molecule has 0 bridgehead atoms. The fourth-order valence-electron chi connectivity index (χ4n) is 2.93. The number of piperidine rings is 1. The van der Waals surface area contributed by atoms with Gasteiger partial charge in [-0.05, 0) is 56.5 Å². The molecule has 1 aromatic heterocycles. The summed E-state index contributed by atoms with van der Waals surface area (Å²) < 4.78 is 2.02. The smallest absolute Gasteiger partial charge is 0.0575 e. The summed E-state index contributed by atoms with van der Waals surface area (Å²) >= 11 is 0. The molecule has 1 N–H and O–H groups in total. The van der Waals surface area contributed by atoms with Crippen molar-refractivity contribution in [2.45, 2.75) is 39.3 Å². The molecule has 2 heterocycles. The molecular weight excluding hydrogens is 260 g/mol. The van der Waals surface area contributed by atoms with Gasteiger partial charge in [-0.2, -0.15) is 5.10 Å². The zero-order valence-electron chi connectivity index (χ0n) is 12.8. The summed E-state index contributed by atoms with van der Waals surface area (Å²) in [4.78, 5) is 2.49. The molecule has 1 fully saturated rings. The lowest BCUT2D eigenvalue weighted by atomic mass is 10.1. The highest BCUT2D eigenvalue weighted by Gasteiger charge is 2.10. The lowest BCUT2D eigenvalue weighted by Crippen LogP contribution is -2.29. The fraction of sp³-hybridized carbons (Fsp3) is 0.471. The van der Waals surface area contributed by atoms with Crippen LogP contribution in [-0.4, -0.2) is 22.9 Å². The molecule has 1 aliphatic rings. The Kier molecular flexibility index (Phi) is 4.43. The van der Waals surface area contributed by atoms with Gasteiger partial charge in [0.2, 0.25) is 0 Å². The Morgan fingerprint density at radius 2 is 1.81 bits per heavy atom. The van der Waals surface area contributed by atoms with Gasteiger partial charge in [0, 0.05) is 37.2 Å². The summed E-state index contributed by atoms with van der Waals surface area (Å²) in [6, 6.07) is 10.9. The molecule has 3 rings (SSSR count). The third-order valence-electron chi connectivity index (χ3n) is 4.17. The molecule has 4 heteroatoms. The van der Waals surface area contributed by atoms with E-state index in [-0.39, 0.29) is 0 Å². The molecule has 0 saturated carbocycles. The van der Waals surface area contributed by atoms with E-state index >= 15 is 0 Å². The van der Waals surface area contributed by atoms with Crippen molar-refractivity contribution in [3.63, 3.8) is 0 Å². The van der Waals surface area contributed by atoms with Crippen LogP contribution in [0.5, 0.6) is 0 Å². The van der Waals surface area contributed by atoms with Crippen molar-refractivity contribution < 1.29 is 0 Å². The van der Waals surface area contributed by atoms with Gasteiger partial charge >= 0.3 is 0 Å². The number of nitrogens with zero attached hydrogens (tertiary/aromatic N) is 3. The van der Waals surface area contributed by atoms with Crippen molar-refractivity contribution in [1.82, 2.24) is 9.78 Å². The van der Waals surface area contributed by atoms with E-state index in [2.05, 4.69) is 52.6 Å². The summed E-state index contributed by atoms with van der Waals surface area (Å²) in [6.45, 7) is 6.24. The van der Waals surface area contributed by atoms with Crippen LogP contribution in [0.2, 0.25) is 0 Å². The molecule has 1 aliphatic heterocycles. The molecule has 1 saturated heterocycles. The maximum Gasteiger partial charge on any atom is 0.0575 e. The van der Waals surface area contributed by atoms with Gasteiger partial charge in [-0.15, -0.1) is 0 Å². The van der Waals surface area contributed by atoms with E-state index in [0.29, 0.717) is 0 Å². The standard InChI is InChI=1S/C17H24N4/c1-2-21-17(10-11-19-21)14-18-15-6-8-16(9-7-15)20-12-4-3-5-13-20/h6-11,18H,2-5,12-14H2,1H3. The van der Waals surface area contributed by atoms with E-state index in [0.717, 1.165) is 13.1 Å². The predicted molar refractivity (Wildman–Crippen MR) is 87.7 cm³/mol. The van der Waals surface area contributed by atoms with E-state index in [1.807, 2.05) is 10.9 Å². The third kappa shape index (κ3) is 3.38. The second-order valence-corrected chi connectivity index (χ2v) is 5.59. The average molecular weight is 284 g/mol. The quantitative estimate of drug-likeness (QED) is 0.912. The Labute approximate surface area is 126 Å². The minimum atomic E-state index is 0.816. The number of rotatable bonds is 5. The minimum Gasteiger partial charge on any atom is -0.379 e. The van der Waals surface area contributed by atoms with Crippen LogP contribution in [0, 0.1) is 0 Å². The van der Waals surface area contributed by atoms with Crippen molar-refractivity contribution in [1.29, 1.82) is 0 Å². The first-order chi connectivity index (χ1) is 10.4. The lowest BCUT2D eigenvalue weighted by molar-refractivity contribution is 0.578. The van der Waals surface area contributed by atoms with Gasteiger partial charge in [0.1, 0.15) is 0 Å². The molecule has 0 aliphatic carbocycles. The lowest BCUT2D eigenvalue weighted by Gasteiger charge is -2.28. The van der Waals surface area contributed by atoms with Crippen LogP contribution in [0.25, 0.3) is 0 Å². The van der Waals surface area contributed by atoms with Crippen LogP contribution in [0.4, 0.5) is 11.4 Å². The summed E-state index contributed by atoms with van der Waals surface area (Å²) in [5, 5.41) is 7.76. The normalized spacial score (nSPS) is 15.2. The number of benzene rings is 1. The molecule has 0 radical (unpaired) electrons. The van der Waals surface area contributed by atoms with Crippen LogP contribution >= 0.6 is 0 Å². The minimum absolute atomic E-state index is 0.816. The molecule has 0 unspecified atom stereocenters. The Morgan fingerprint density at radius 1 is 1.05 bits per heavy atom. The first-order valence-electron chi connectivity index (χ1n) is 7.96. The van der Waals surface area contributed by atoms with Gasteiger partial charge in [-0.25, -0.2) is 0 Å². The predicted octanol–water partition coefficient (Wildman–Crippen LogP) is 3.51. The molecule has 0 atom stereocenters. The summed E-state index contributed by atoms with van der Waals surface area (Å²) in [7, 11) is 0. The number of aromatic nitrogens is 2. The van der Waals surface area contributed by atoms with Crippen LogP contribution in [0.15, 0.2) is 36.5 Å². The van der Waals surface area contributed by atoms with Gasteiger partial charge < -0.3 is 10.2 Å². The first-order valence-corrected chi connectivity index (χ1v) is 7.96. The number of anilines is 2. The largest absolute Gasteiger partial charge is 0.379 e. The van der Waals surface area contributed by atoms with Gasteiger partial charge in [-0.1, -0.05) is 0 Å². The summed E-state index contributed by atoms with van der Waals surface area (Å²) in [6.07, 6.45) is 5.88. The number of aryl methyl sites for hydroxylation is 1. The van der Waals surface area contributed by atoms with Gasteiger partial charge in [0.05, 0.1) is 12.2 Å². The number of hydrogen-bond acceptors (Lipinski definition) is 3. The van der Waals surface area contributed by atoms with Crippen molar-refractivity contribution in [2.24, 2.45) is 0 Å². The first kappa shape index (κ1) is 14.0. The molecule has 0 spiro atoms. The highest BCUT2D eigenvalue weighted by atomic mass is 15.3. The monoisotopic (exact) mass is 284 g/mol. The maximum atomic E-state index is 4.29. The highest BCUT2D eigenvalue weighted by Crippen LogP contribution is 2.22. The van der Waals surface area contributed by atoms with E-state index < -0.39 is 0 Å². The number of hydrogen-bond donors (Lipinski definition) is 1. The van der Waals surface area contributed by atoms with E-state index in [4.69, 9.17) is 0 Å². The maximum absolute atomic E-state index is 4.29. The van der Waals surface area contributed by atoms with E-state index in [1.54, 1.807) is 0 Å². The average Bonchev–Trinajstić information content (AvgIpc) is 3.02. The second-order valence-electron chi connectivity index (χ2n) is 5.59. The zero-order chi connectivity index (χ0) is 14.5. The molecule has 4 nitrogen and oxygen atoms in total. The molecular formula is C17H24N4. The number of nitrogens with one attached hydrogen (secondary N) is 1. The topological polar surface area (TPSA) is 33.1 Å². The van der Waals surface area contributed by atoms with Crippen molar-refractivity contribution >= 4 is 11.4 Å². The third-order valence-corrected chi connectivity index (χ3v) is 4.17. The van der Waals surface area contributed by atoms with E-state index in [1.165, 1.54) is 49.4 Å². The molecule has 21 heavy (non-hydrogen) atoms. The Morgan fingerprint density at radius 3 is 2.52 bits per heavy atom. The van der Waals surface area contributed by atoms with Gasteiger partial charge in [0.15, 0.2) is 0 Å². The Hall–Kier alpha value is -1.97. The van der Waals surface area contributed by atoms with Crippen molar-refractivity contribution in [3.8, 4) is 0 Å². The fourth-order valence-corrected chi connectivity index (χ4v) is 2.93. The second kappa shape index (κ2) is 6.66. The van der Waals surface area contributed by atoms with E-state index in [9.17, 15) is 0 Å². The molecule has 1 aromatic carbocycles. The zero-order valence-corrected chi connectivity index (χ0v) is 12.8. The van der Waals surface area contributed by atoms with Crippen LogP contribution in [0.1, 0.15) is 31.9 Å². The summed E-state index contributed by atoms with van der Waals surface area (Å²) in [5.41, 5.74) is 3.73. The Balaban J connectivity index is 1.59. The van der Waals surface area contributed by atoms with Gasteiger partial charge in [-0.3, -0.25) is 4.68 Å².